The van der Waals surface area contributed by atoms with Gasteiger partial charge >= 0.3 is 0 Å². The van der Waals surface area contributed by atoms with Gasteiger partial charge in [0.05, 0.1) is 13.1 Å². The fourth-order valence-corrected chi connectivity index (χ4v) is 2.20. The van der Waals surface area contributed by atoms with Crippen molar-refractivity contribution in [2.45, 2.75) is 19.9 Å². The van der Waals surface area contributed by atoms with E-state index in [-0.39, 0.29) is 18.4 Å². The maximum absolute atomic E-state index is 12.0. The minimum absolute atomic E-state index is 0.0319. The Kier molecular flexibility index (Phi) is 10.6. The summed E-state index contributed by atoms with van der Waals surface area (Å²) in [5, 5.41) is 6.27. The lowest BCUT2D eigenvalue weighted by Crippen LogP contribution is -2.43. The van der Waals surface area contributed by atoms with Crippen LogP contribution in [0, 0.1) is 0 Å². The molecule has 0 saturated carbocycles. The Morgan fingerprint density at radius 3 is 2.29 bits per heavy atom. The van der Waals surface area contributed by atoms with Crippen LogP contribution >= 0.6 is 0 Å². The molecular formula is C20H33N5O3. The first-order valence-corrected chi connectivity index (χ1v) is 9.45. The highest BCUT2D eigenvalue weighted by atomic mass is 16.5. The Bertz CT molecular complexity index is 642. The van der Waals surface area contributed by atoms with Crippen molar-refractivity contribution in [3.05, 3.63) is 35.4 Å². The Morgan fingerprint density at radius 2 is 1.71 bits per heavy atom. The van der Waals surface area contributed by atoms with Gasteiger partial charge in [0.1, 0.15) is 0 Å². The van der Waals surface area contributed by atoms with E-state index in [9.17, 15) is 9.59 Å². The first kappa shape index (κ1) is 23.4. The van der Waals surface area contributed by atoms with Crippen molar-refractivity contribution in [2.75, 3.05) is 54.5 Å². The van der Waals surface area contributed by atoms with Crippen molar-refractivity contribution in [2.24, 2.45) is 4.99 Å². The van der Waals surface area contributed by atoms with E-state index in [1.54, 1.807) is 45.2 Å². The molecule has 0 saturated heterocycles. The van der Waals surface area contributed by atoms with Crippen LogP contribution in [-0.2, 0) is 16.1 Å². The zero-order valence-corrected chi connectivity index (χ0v) is 17.6. The van der Waals surface area contributed by atoms with Crippen LogP contribution < -0.4 is 10.6 Å². The fraction of sp³-hybridized carbons (Fsp3) is 0.550. The number of nitrogens with one attached hydrogen (secondary N) is 2. The van der Waals surface area contributed by atoms with Gasteiger partial charge in [0.15, 0.2) is 5.96 Å². The lowest BCUT2D eigenvalue weighted by atomic mass is 10.1. The highest BCUT2D eigenvalue weighted by Gasteiger charge is 2.08. The monoisotopic (exact) mass is 391 g/mol. The van der Waals surface area contributed by atoms with Crippen LogP contribution in [0.25, 0.3) is 0 Å². The van der Waals surface area contributed by atoms with Crippen LogP contribution in [0.15, 0.2) is 29.3 Å². The predicted molar refractivity (Wildman–Crippen MR) is 111 cm³/mol. The number of likely N-dealkylation sites (N-methyl/N-ethyl adjacent to an activating group) is 1. The van der Waals surface area contributed by atoms with Gasteiger partial charge in [0.2, 0.25) is 5.91 Å². The molecule has 0 spiro atoms. The third-order valence-corrected chi connectivity index (χ3v) is 3.89. The Morgan fingerprint density at radius 1 is 1.04 bits per heavy atom. The van der Waals surface area contributed by atoms with Crippen molar-refractivity contribution < 1.29 is 14.3 Å². The number of hydrogen-bond donors (Lipinski definition) is 2. The normalized spacial score (nSPS) is 11.1. The summed E-state index contributed by atoms with van der Waals surface area (Å²) in [5.41, 5.74) is 1.62. The largest absolute Gasteiger partial charge is 0.382 e. The molecule has 0 aromatic heterocycles. The van der Waals surface area contributed by atoms with Crippen LogP contribution in [0.1, 0.15) is 29.3 Å². The van der Waals surface area contributed by atoms with E-state index in [1.165, 1.54) is 4.90 Å². The lowest BCUT2D eigenvalue weighted by Gasteiger charge is -2.15. The number of hydrogen-bond acceptors (Lipinski definition) is 4. The Hall–Kier alpha value is -2.61. The molecule has 0 aliphatic heterocycles. The molecular weight excluding hydrogens is 358 g/mol. The van der Waals surface area contributed by atoms with Gasteiger partial charge in [0, 0.05) is 53.5 Å². The van der Waals surface area contributed by atoms with Crippen molar-refractivity contribution in [3.8, 4) is 0 Å². The summed E-state index contributed by atoms with van der Waals surface area (Å²) in [4.78, 5) is 31.4. The van der Waals surface area contributed by atoms with Gasteiger partial charge < -0.3 is 25.2 Å². The van der Waals surface area contributed by atoms with Crippen LogP contribution in [0.5, 0.6) is 0 Å². The number of ether oxygens (including phenoxy) is 1. The van der Waals surface area contributed by atoms with E-state index in [1.807, 2.05) is 19.1 Å². The molecule has 0 radical (unpaired) electrons. The molecule has 156 valence electrons. The average Bonchev–Trinajstić information content (AvgIpc) is 2.68. The summed E-state index contributed by atoms with van der Waals surface area (Å²) in [6.07, 6.45) is 0.845. The first-order chi connectivity index (χ1) is 13.3. The fourth-order valence-electron chi connectivity index (χ4n) is 2.20. The summed E-state index contributed by atoms with van der Waals surface area (Å²) >= 11 is 0. The topological polar surface area (TPSA) is 86.3 Å². The molecule has 0 bridgehead atoms. The molecule has 8 heteroatoms. The van der Waals surface area contributed by atoms with Gasteiger partial charge in [-0.25, -0.2) is 4.99 Å². The van der Waals surface area contributed by atoms with E-state index in [0.717, 1.165) is 12.0 Å². The number of carbonyl (C=O) groups is 2. The maximum Gasteiger partial charge on any atom is 0.253 e. The zero-order chi connectivity index (χ0) is 20.9. The second kappa shape index (κ2) is 12.7. The van der Waals surface area contributed by atoms with Gasteiger partial charge in [-0.1, -0.05) is 12.1 Å². The van der Waals surface area contributed by atoms with Gasteiger partial charge in [-0.3, -0.25) is 9.59 Å². The second-order valence-electron chi connectivity index (χ2n) is 6.68. The zero-order valence-electron chi connectivity index (χ0n) is 17.6. The second-order valence-corrected chi connectivity index (χ2v) is 6.68. The van der Waals surface area contributed by atoms with E-state index >= 15 is 0 Å². The molecule has 0 unspecified atom stereocenters. The number of amides is 2. The molecule has 0 heterocycles. The summed E-state index contributed by atoms with van der Waals surface area (Å²) in [6, 6.07) is 7.37. The molecule has 0 atom stereocenters. The maximum atomic E-state index is 12.0. The highest BCUT2D eigenvalue weighted by molar-refractivity contribution is 5.93. The quantitative estimate of drug-likeness (QED) is 0.352. The molecule has 0 aliphatic rings. The van der Waals surface area contributed by atoms with Crippen LogP contribution in [0.2, 0.25) is 0 Å². The highest BCUT2D eigenvalue weighted by Crippen LogP contribution is 2.07. The molecule has 0 aliphatic carbocycles. The average molecular weight is 392 g/mol. The van der Waals surface area contributed by atoms with Crippen LogP contribution in [0.4, 0.5) is 0 Å². The molecule has 2 N–H and O–H groups in total. The number of guanidine groups is 1. The van der Waals surface area contributed by atoms with E-state index in [2.05, 4.69) is 15.6 Å². The van der Waals surface area contributed by atoms with Gasteiger partial charge in [-0.15, -0.1) is 0 Å². The summed E-state index contributed by atoms with van der Waals surface area (Å²) in [6.45, 7) is 4.63. The standard InChI is InChI=1S/C20H33N5O3/c1-6-28-13-7-12-21-20(23-15-18(26)24(2)3)22-14-16-8-10-17(11-9-16)19(27)25(4)5/h8-11H,6-7,12-15H2,1-5H3,(H2,21,22,23). The minimum atomic E-state index is -0.0321. The van der Waals surface area contributed by atoms with Crippen LogP contribution in [0.3, 0.4) is 0 Å². The Balaban J connectivity index is 2.68. The third kappa shape index (κ3) is 8.85. The molecule has 28 heavy (non-hydrogen) atoms. The molecule has 1 aromatic carbocycles. The van der Waals surface area contributed by atoms with Gasteiger partial charge in [-0.2, -0.15) is 0 Å². The summed E-state index contributed by atoms with van der Waals surface area (Å²) in [5.74, 6) is 0.506. The number of rotatable bonds is 10. The van der Waals surface area contributed by atoms with E-state index in [4.69, 9.17) is 4.74 Å². The van der Waals surface area contributed by atoms with Crippen molar-refractivity contribution in [3.63, 3.8) is 0 Å². The first-order valence-electron chi connectivity index (χ1n) is 9.45. The molecule has 8 nitrogen and oxygen atoms in total. The molecule has 0 fully saturated rings. The lowest BCUT2D eigenvalue weighted by molar-refractivity contribution is -0.127. The number of nitrogens with zero attached hydrogens (tertiary/aromatic N) is 3. The van der Waals surface area contributed by atoms with Crippen molar-refractivity contribution in [1.82, 2.24) is 20.4 Å². The minimum Gasteiger partial charge on any atom is -0.382 e. The SMILES string of the molecule is CCOCCCNC(=NCc1ccc(C(=O)N(C)C)cc1)NCC(=O)N(C)C. The predicted octanol–water partition coefficient (Wildman–Crippen LogP) is 0.938. The smallest absolute Gasteiger partial charge is 0.253 e. The van der Waals surface area contributed by atoms with Crippen molar-refractivity contribution in [1.29, 1.82) is 0 Å². The van der Waals surface area contributed by atoms with Crippen molar-refractivity contribution >= 4 is 17.8 Å². The Labute approximate surface area is 167 Å². The molecule has 1 aromatic rings. The number of carbonyl (C=O) groups excluding carboxylic acids is 2. The van der Waals surface area contributed by atoms with E-state index < -0.39 is 0 Å². The van der Waals surface area contributed by atoms with Gasteiger partial charge in [0.25, 0.3) is 5.91 Å². The summed E-state index contributed by atoms with van der Waals surface area (Å²) < 4.78 is 5.33. The molecule has 1 rings (SSSR count). The van der Waals surface area contributed by atoms with E-state index in [0.29, 0.717) is 37.8 Å². The van der Waals surface area contributed by atoms with Crippen LogP contribution in [-0.4, -0.2) is 82.1 Å². The number of benzene rings is 1. The van der Waals surface area contributed by atoms with Gasteiger partial charge in [-0.05, 0) is 31.0 Å². The summed E-state index contributed by atoms with van der Waals surface area (Å²) in [7, 11) is 6.88. The third-order valence-electron chi connectivity index (χ3n) is 3.89. The number of aliphatic imine (C=N–C) groups is 1. The molecule has 2 amide bonds.